The minimum atomic E-state index is -2.50. The molecule has 0 aliphatic carbocycles. The summed E-state index contributed by atoms with van der Waals surface area (Å²) in [5.41, 5.74) is 0.596. The lowest BCUT2D eigenvalue weighted by molar-refractivity contribution is 0.112. The molecule has 0 bridgehead atoms. The van der Waals surface area contributed by atoms with Gasteiger partial charge in [-0.25, -0.2) is 0 Å². The molecule has 0 unspecified atom stereocenters. The Morgan fingerprint density at radius 1 is 0.826 bits per heavy atom. The van der Waals surface area contributed by atoms with Gasteiger partial charge in [0.15, 0.2) is 6.26 Å². The Labute approximate surface area is 139 Å². The molecule has 0 fully saturated rings. The highest BCUT2D eigenvalue weighted by Gasteiger charge is 2.25. The lowest BCUT2D eigenvalue weighted by Gasteiger charge is -2.24. The van der Waals surface area contributed by atoms with Crippen molar-refractivity contribution in [1.29, 1.82) is 0 Å². The second kappa shape index (κ2) is 6.82. The second-order valence-electron chi connectivity index (χ2n) is 4.74. The fourth-order valence-electron chi connectivity index (χ4n) is 2.09. The fraction of sp³-hybridized carbons (Fsp3) is 0. The highest BCUT2D eigenvalue weighted by molar-refractivity contribution is 8.19. The molecule has 0 saturated carbocycles. The van der Waals surface area contributed by atoms with Gasteiger partial charge < -0.3 is 4.52 Å². The van der Waals surface area contributed by atoms with E-state index < -0.39 is 6.26 Å². The van der Waals surface area contributed by atoms with Crippen LogP contribution in [0, 0.1) is 0 Å². The minimum absolute atomic E-state index is 0.596. The maximum absolute atomic E-state index is 10.8. The van der Waals surface area contributed by atoms with Crippen LogP contribution in [0.1, 0.15) is 10.4 Å². The Balaban J connectivity index is 2.05. The average Bonchev–Trinajstić information content (AvgIpc) is 2.64. The zero-order valence-corrected chi connectivity index (χ0v) is 13.8. The summed E-state index contributed by atoms with van der Waals surface area (Å²) < 4.78 is 6.23. The first-order valence-electron chi connectivity index (χ1n) is 6.88. The predicted octanol–water partition coefficient (Wildman–Crippen LogP) is 2.71. The van der Waals surface area contributed by atoms with Crippen LogP contribution < -0.4 is 15.1 Å². The normalized spacial score (nSPS) is 11.0. The number of aldehydes is 1. The van der Waals surface area contributed by atoms with E-state index in [0.29, 0.717) is 11.3 Å². The topological polar surface area (TPSA) is 52.1 Å². The lowest BCUT2D eigenvalue weighted by atomic mass is 10.2. The highest BCUT2D eigenvalue weighted by atomic mass is 32.4. The van der Waals surface area contributed by atoms with E-state index in [1.807, 2.05) is 24.3 Å². The van der Waals surface area contributed by atoms with Gasteiger partial charge >= 0.3 is 0 Å². The largest absolute Gasteiger partial charge is 0.458 e. The summed E-state index contributed by atoms with van der Waals surface area (Å²) in [4.78, 5) is 18.9. The molecular weight excluding hydrogens is 327 g/mol. The second-order valence-corrected chi connectivity index (χ2v) is 8.60. The monoisotopic (exact) mass is 340 g/mol. The first-order valence-corrected chi connectivity index (χ1v) is 9.60. The first kappa shape index (κ1) is 15.5. The van der Waals surface area contributed by atoms with Crippen molar-refractivity contribution in [2.24, 2.45) is 0 Å². The third kappa shape index (κ3) is 3.36. The van der Waals surface area contributed by atoms with Crippen molar-refractivity contribution in [3.8, 4) is 5.75 Å². The molecular formula is C17H13N2O2PS. The van der Waals surface area contributed by atoms with Crippen LogP contribution in [0.3, 0.4) is 0 Å². The van der Waals surface area contributed by atoms with E-state index in [1.165, 1.54) is 0 Å². The van der Waals surface area contributed by atoms with Crippen LogP contribution >= 0.6 is 6.26 Å². The van der Waals surface area contributed by atoms with Gasteiger partial charge in [0.05, 0.1) is 0 Å². The quantitative estimate of drug-likeness (QED) is 0.528. The van der Waals surface area contributed by atoms with E-state index in [9.17, 15) is 4.79 Å². The van der Waals surface area contributed by atoms with Crippen LogP contribution in [-0.4, -0.2) is 16.3 Å². The van der Waals surface area contributed by atoms with Crippen LogP contribution in [0.25, 0.3) is 0 Å². The van der Waals surface area contributed by atoms with E-state index in [0.717, 1.165) is 16.9 Å². The Morgan fingerprint density at radius 2 is 1.30 bits per heavy atom. The van der Waals surface area contributed by atoms with Crippen molar-refractivity contribution < 1.29 is 9.32 Å². The van der Waals surface area contributed by atoms with Crippen LogP contribution in [0.5, 0.6) is 5.75 Å². The van der Waals surface area contributed by atoms with Crippen LogP contribution in [0.15, 0.2) is 73.3 Å². The molecule has 0 N–H and O–H groups in total. The number of benzene rings is 1. The molecule has 0 saturated heterocycles. The summed E-state index contributed by atoms with van der Waals surface area (Å²) in [6.45, 7) is 0. The third-order valence-electron chi connectivity index (χ3n) is 3.26. The number of hydrogen-bond acceptors (Lipinski definition) is 5. The van der Waals surface area contributed by atoms with E-state index in [2.05, 4.69) is 9.97 Å². The standard InChI is InChI=1S/C17H13N2O2PS/c20-13-14-1-3-15(4-2-14)21-22(23,16-5-9-18-10-6-16)17-7-11-19-12-8-17/h1-13H. The number of aromatic nitrogens is 2. The van der Waals surface area contributed by atoms with Gasteiger partial charge in [-0.05, 0) is 60.3 Å². The van der Waals surface area contributed by atoms with Gasteiger partial charge in [-0.2, -0.15) is 0 Å². The molecule has 3 aromatic rings. The summed E-state index contributed by atoms with van der Waals surface area (Å²) in [6.07, 6.45) is 5.11. The summed E-state index contributed by atoms with van der Waals surface area (Å²) in [6, 6.07) is 14.4. The Bertz CT molecular complexity index is 796. The van der Waals surface area contributed by atoms with Crippen molar-refractivity contribution in [1.82, 2.24) is 9.97 Å². The zero-order chi connectivity index (χ0) is 16.1. The maximum atomic E-state index is 10.8. The third-order valence-corrected chi connectivity index (χ3v) is 7.17. The number of nitrogens with zero attached hydrogens (tertiary/aromatic N) is 2. The number of carbonyl (C=O) groups excluding carboxylic acids is 1. The molecule has 23 heavy (non-hydrogen) atoms. The average molecular weight is 340 g/mol. The molecule has 1 aromatic carbocycles. The minimum Gasteiger partial charge on any atom is -0.458 e. The number of carbonyl (C=O) groups is 1. The molecule has 4 nitrogen and oxygen atoms in total. The van der Waals surface area contributed by atoms with Crippen molar-refractivity contribution in [3.63, 3.8) is 0 Å². The first-order chi connectivity index (χ1) is 11.2. The van der Waals surface area contributed by atoms with Crippen molar-refractivity contribution >= 4 is 35.0 Å². The molecule has 0 amide bonds. The van der Waals surface area contributed by atoms with Gasteiger partial charge in [0, 0.05) is 41.0 Å². The van der Waals surface area contributed by atoms with Gasteiger partial charge in [0.1, 0.15) is 12.0 Å². The smallest absolute Gasteiger partial charge is 0.171 e. The number of hydrogen-bond donors (Lipinski definition) is 0. The van der Waals surface area contributed by atoms with Gasteiger partial charge in [-0.3, -0.25) is 14.8 Å². The van der Waals surface area contributed by atoms with Gasteiger partial charge in [0.2, 0.25) is 0 Å². The van der Waals surface area contributed by atoms with Gasteiger partial charge in [-0.15, -0.1) is 0 Å². The molecule has 0 aliphatic heterocycles. The van der Waals surface area contributed by atoms with E-state index >= 15 is 0 Å². The zero-order valence-electron chi connectivity index (χ0n) is 12.1. The van der Waals surface area contributed by atoms with Crippen LogP contribution in [-0.2, 0) is 11.8 Å². The predicted molar refractivity (Wildman–Crippen MR) is 94.5 cm³/mol. The summed E-state index contributed by atoms with van der Waals surface area (Å²) in [5, 5.41) is 1.82. The van der Waals surface area contributed by atoms with E-state index in [4.69, 9.17) is 16.3 Å². The van der Waals surface area contributed by atoms with E-state index in [1.54, 1.807) is 49.1 Å². The van der Waals surface area contributed by atoms with Crippen molar-refractivity contribution in [2.75, 3.05) is 0 Å². The summed E-state index contributed by atoms with van der Waals surface area (Å²) >= 11 is 5.94. The SMILES string of the molecule is O=Cc1ccc(OP(=S)(c2ccncc2)c2ccncc2)cc1. The molecule has 0 atom stereocenters. The number of pyridine rings is 2. The highest BCUT2D eigenvalue weighted by Crippen LogP contribution is 2.45. The number of rotatable bonds is 5. The maximum Gasteiger partial charge on any atom is 0.171 e. The summed E-state index contributed by atoms with van der Waals surface area (Å²) in [7, 11) is 0. The lowest BCUT2D eigenvalue weighted by Crippen LogP contribution is -2.20. The van der Waals surface area contributed by atoms with Gasteiger partial charge in [-0.1, -0.05) is 0 Å². The van der Waals surface area contributed by atoms with Crippen LogP contribution in [0.2, 0.25) is 0 Å². The molecule has 6 heteroatoms. The molecule has 0 aliphatic rings. The molecule has 0 radical (unpaired) electrons. The Morgan fingerprint density at radius 3 is 1.74 bits per heavy atom. The van der Waals surface area contributed by atoms with Gasteiger partial charge in [0.25, 0.3) is 0 Å². The summed E-state index contributed by atoms with van der Waals surface area (Å²) in [5.74, 6) is 0.632. The fourth-order valence-corrected chi connectivity index (χ4v) is 5.06. The van der Waals surface area contributed by atoms with E-state index in [-0.39, 0.29) is 0 Å². The van der Waals surface area contributed by atoms with Crippen molar-refractivity contribution in [3.05, 3.63) is 78.9 Å². The Kier molecular flexibility index (Phi) is 4.60. The molecule has 2 aromatic heterocycles. The molecule has 114 valence electrons. The van der Waals surface area contributed by atoms with Crippen LogP contribution in [0.4, 0.5) is 0 Å². The Hall–Kier alpha value is -2.36. The molecule has 3 rings (SSSR count). The molecule has 0 spiro atoms. The van der Waals surface area contributed by atoms with Crippen molar-refractivity contribution in [2.45, 2.75) is 0 Å². The molecule has 2 heterocycles.